The molecule has 0 aliphatic carbocycles. The lowest BCUT2D eigenvalue weighted by Crippen LogP contribution is -2.58. The van der Waals surface area contributed by atoms with Crippen LogP contribution in [0, 0.1) is 5.92 Å². The molecule has 0 aromatic carbocycles. The standard InChI is InChI=1S/C14H19N3O9/c1-6(18)23-5-10-9(4-11(21)22)12(24-7(2)19)13(25-8(3)20)14(26-10)16-17-15/h9-10,12-14H,4-5H2,1-3H3,(H,21,22)/t9-,10+,12+,13+,14+/m1/s1. The van der Waals surface area contributed by atoms with Crippen LogP contribution in [0.3, 0.4) is 0 Å². The van der Waals surface area contributed by atoms with Gasteiger partial charge in [0.2, 0.25) is 0 Å². The van der Waals surface area contributed by atoms with E-state index in [1.165, 1.54) is 0 Å². The fourth-order valence-corrected chi connectivity index (χ4v) is 2.59. The topological polar surface area (TPSA) is 174 Å². The first-order chi connectivity index (χ1) is 12.1. The van der Waals surface area contributed by atoms with Crippen molar-refractivity contribution in [2.45, 2.75) is 51.7 Å². The van der Waals surface area contributed by atoms with Gasteiger partial charge in [0.05, 0.1) is 12.5 Å². The van der Waals surface area contributed by atoms with E-state index >= 15 is 0 Å². The van der Waals surface area contributed by atoms with Gasteiger partial charge < -0.3 is 24.1 Å². The van der Waals surface area contributed by atoms with Gasteiger partial charge in [-0.3, -0.25) is 19.2 Å². The summed E-state index contributed by atoms with van der Waals surface area (Å²) in [4.78, 5) is 47.7. The molecule has 0 aromatic heterocycles. The zero-order chi connectivity index (χ0) is 19.9. The number of azide groups is 1. The summed E-state index contributed by atoms with van der Waals surface area (Å²) in [6, 6.07) is 0. The van der Waals surface area contributed by atoms with E-state index in [4.69, 9.17) is 29.6 Å². The Bertz CT molecular complexity index is 617. The number of carboxylic acids is 1. The van der Waals surface area contributed by atoms with E-state index in [1.807, 2.05) is 0 Å². The first-order valence-electron chi connectivity index (χ1n) is 7.55. The molecule has 26 heavy (non-hydrogen) atoms. The molecular weight excluding hydrogens is 354 g/mol. The monoisotopic (exact) mass is 373 g/mol. The fraction of sp³-hybridized carbons (Fsp3) is 0.714. The average molecular weight is 373 g/mol. The van der Waals surface area contributed by atoms with Crippen LogP contribution in [-0.4, -0.2) is 60.1 Å². The summed E-state index contributed by atoms with van der Waals surface area (Å²) in [5.74, 6) is -4.46. The van der Waals surface area contributed by atoms with Crippen molar-refractivity contribution >= 4 is 23.9 Å². The molecular formula is C14H19N3O9. The number of carboxylic acid groups (broad SMARTS) is 1. The molecule has 0 unspecified atom stereocenters. The minimum Gasteiger partial charge on any atom is -0.481 e. The maximum atomic E-state index is 11.5. The van der Waals surface area contributed by atoms with Crippen molar-refractivity contribution in [1.29, 1.82) is 0 Å². The van der Waals surface area contributed by atoms with Crippen LogP contribution >= 0.6 is 0 Å². The van der Waals surface area contributed by atoms with Crippen LogP contribution in [-0.2, 0) is 38.1 Å². The Morgan fingerprint density at radius 2 is 1.65 bits per heavy atom. The van der Waals surface area contributed by atoms with E-state index in [2.05, 4.69) is 10.0 Å². The van der Waals surface area contributed by atoms with Gasteiger partial charge in [-0.1, -0.05) is 5.11 Å². The van der Waals surface area contributed by atoms with Crippen molar-refractivity contribution in [1.82, 2.24) is 0 Å². The molecule has 0 spiro atoms. The number of carbonyl (C=O) groups excluding carboxylic acids is 3. The molecule has 12 heteroatoms. The first kappa shape index (κ1) is 21.2. The Kier molecular flexibility index (Phi) is 7.81. The largest absolute Gasteiger partial charge is 0.481 e. The summed E-state index contributed by atoms with van der Waals surface area (Å²) in [6.07, 6.45) is -5.65. The Morgan fingerprint density at radius 1 is 1.08 bits per heavy atom. The lowest BCUT2D eigenvalue weighted by molar-refractivity contribution is -0.232. The maximum Gasteiger partial charge on any atom is 0.303 e. The van der Waals surface area contributed by atoms with E-state index in [1.54, 1.807) is 0 Å². The average Bonchev–Trinajstić information content (AvgIpc) is 2.50. The molecule has 0 saturated carbocycles. The molecule has 1 aliphatic heterocycles. The normalized spacial score (nSPS) is 27.6. The quantitative estimate of drug-likeness (QED) is 0.219. The number of rotatable bonds is 7. The van der Waals surface area contributed by atoms with Crippen molar-refractivity contribution in [3.63, 3.8) is 0 Å². The number of ether oxygens (including phenoxy) is 4. The molecule has 0 aromatic rings. The Morgan fingerprint density at radius 3 is 2.12 bits per heavy atom. The number of esters is 3. The van der Waals surface area contributed by atoms with Crippen LogP contribution in [0.5, 0.6) is 0 Å². The van der Waals surface area contributed by atoms with Crippen LogP contribution in [0.1, 0.15) is 27.2 Å². The molecule has 1 saturated heterocycles. The zero-order valence-electron chi connectivity index (χ0n) is 14.4. The first-order valence-corrected chi connectivity index (χ1v) is 7.55. The van der Waals surface area contributed by atoms with Gasteiger partial charge in [-0.05, 0) is 5.53 Å². The zero-order valence-corrected chi connectivity index (χ0v) is 14.4. The van der Waals surface area contributed by atoms with Gasteiger partial charge in [0.25, 0.3) is 0 Å². The van der Waals surface area contributed by atoms with Crippen molar-refractivity contribution in [3.05, 3.63) is 10.4 Å². The van der Waals surface area contributed by atoms with E-state index in [9.17, 15) is 19.2 Å². The molecule has 1 N–H and O–H groups in total. The number of nitrogens with zero attached hydrogens (tertiary/aromatic N) is 3. The highest BCUT2D eigenvalue weighted by molar-refractivity contribution is 5.69. The van der Waals surface area contributed by atoms with E-state index < -0.39 is 60.8 Å². The number of aliphatic carboxylic acids is 1. The second kappa shape index (κ2) is 9.59. The van der Waals surface area contributed by atoms with Crippen LogP contribution in [0.4, 0.5) is 0 Å². The number of carbonyl (C=O) groups is 4. The molecule has 1 heterocycles. The minimum atomic E-state index is -1.40. The van der Waals surface area contributed by atoms with E-state index in [0.29, 0.717) is 0 Å². The van der Waals surface area contributed by atoms with Crippen LogP contribution in [0.25, 0.3) is 10.4 Å². The molecule has 0 bridgehead atoms. The maximum absolute atomic E-state index is 11.5. The number of hydrogen-bond acceptors (Lipinski definition) is 9. The fourth-order valence-electron chi connectivity index (χ4n) is 2.59. The summed E-state index contributed by atoms with van der Waals surface area (Å²) in [5, 5.41) is 12.5. The summed E-state index contributed by atoms with van der Waals surface area (Å²) >= 11 is 0. The van der Waals surface area contributed by atoms with Gasteiger partial charge in [0.15, 0.2) is 12.3 Å². The van der Waals surface area contributed by atoms with Gasteiger partial charge in [-0.2, -0.15) is 0 Å². The molecule has 5 atom stereocenters. The molecule has 144 valence electrons. The second-order valence-electron chi connectivity index (χ2n) is 5.48. The minimum absolute atomic E-state index is 0.366. The second-order valence-corrected chi connectivity index (χ2v) is 5.48. The lowest BCUT2D eigenvalue weighted by Gasteiger charge is -2.43. The van der Waals surface area contributed by atoms with Crippen LogP contribution < -0.4 is 0 Å². The Hall–Kier alpha value is -2.85. The van der Waals surface area contributed by atoms with Crippen molar-refractivity contribution in [3.8, 4) is 0 Å². The molecule has 1 rings (SSSR count). The highest BCUT2D eigenvalue weighted by Crippen LogP contribution is 2.34. The summed E-state index contributed by atoms with van der Waals surface area (Å²) in [5.41, 5.74) is 8.70. The molecule has 1 aliphatic rings. The summed E-state index contributed by atoms with van der Waals surface area (Å²) in [6.45, 7) is 2.94. The van der Waals surface area contributed by atoms with Crippen molar-refractivity contribution in [2.75, 3.05) is 6.61 Å². The van der Waals surface area contributed by atoms with Gasteiger partial charge in [0, 0.05) is 31.6 Å². The highest BCUT2D eigenvalue weighted by Gasteiger charge is 2.50. The van der Waals surface area contributed by atoms with E-state index in [-0.39, 0.29) is 6.61 Å². The molecule has 12 nitrogen and oxygen atoms in total. The molecule has 0 amide bonds. The van der Waals surface area contributed by atoms with Gasteiger partial charge in [-0.15, -0.1) is 0 Å². The number of hydrogen-bond donors (Lipinski definition) is 1. The SMILES string of the molecule is CC(=O)OC[C@@H]1O[C@H](N=[N+]=[N-])[C@@H](OC(C)=O)[C@@H](OC(C)=O)[C@@H]1CC(=O)O. The van der Waals surface area contributed by atoms with Crippen LogP contribution in [0.2, 0.25) is 0 Å². The van der Waals surface area contributed by atoms with Crippen LogP contribution in [0.15, 0.2) is 5.11 Å². The third-order valence-electron chi connectivity index (χ3n) is 3.45. The van der Waals surface area contributed by atoms with Gasteiger partial charge >= 0.3 is 23.9 Å². The van der Waals surface area contributed by atoms with E-state index in [0.717, 1.165) is 20.8 Å². The Labute approximate surface area is 148 Å². The lowest BCUT2D eigenvalue weighted by atomic mass is 9.85. The molecule has 0 radical (unpaired) electrons. The molecule has 1 fully saturated rings. The third kappa shape index (κ3) is 6.22. The smallest absolute Gasteiger partial charge is 0.303 e. The Balaban J connectivity index is 3.28. The van der Waals surface area contributed by atoms with Crippen molar-refractivity contribution in [2.24, 2.45) is 11.0 Å². The highest BCUT2D eigenvalue weighted by atomic mass is 16.6. The predicted octanol–water partition coefficient (Wildman–Crippen LogP) is 0.539. The van der Waals surface area contributed by atoms with Crippen molar-refractivity contribution < 1.29 is 43.2 Å². The van der Waals surface area contributed by atoms with Gasteiger partial charge in [-0.25, -0.2) is 0 Å². The summed E-state index contributed by atoms with van der Waals surface area (Å²) in [7, 11) is 0. The predicted molar refractivity (Wildman–Crippen MR) is 81.3 cm³/mol. The third-order valence-corrected chi connectivity index (χ3v) is 3.45. The summed E-state index contributed by atoms with van der Waals surface area (Å²) < 4.78 is 20.5. The van der Waals surface area contributed by atoms with Gasteiger partial charge in [0.1, 0.15) is 12.7 Å².